The van der Waals surface area contributed by atoms with Crippen LogP contribution in [0.4, 0.5) is 0 Å². The highest BCUT2D eigenvalue weighted by molar-refractivity contribution is 8.00. The highest BCUT2D eigenvalue weighted by Crippen LogP contribution is 2.31. The van der Waals surface area contributed by atoms with Crippen LogP contribution in [0.25, 0.3) is 0 Å². The molecule has 1 aliphatic heterocycles. The Balaban J connectivity index is 1.97. The van der Waals surface area contributed by atoms with Crippen LogP contribution in [-0.4, -0.2) is 42.1 Å². The normalized spacial score (nSPS) is 22.4. The Morgan fingerprint density at radius 2 is 2.00 bits per heavy atom. The predicted octanol–water partition coefficient (Wildman–Crippen LogP) is 3.41. The van der Waals surface area contributed by atoms with Gasteiger partial charge in [-0.3, -0.25) is 0 Å². The van der Waals surface area contributed by atoms with Gasteiger partial charge in [-0.15, -0.1) is 0 Å². The number of rotatable bonds is 5. The Morgan fingerprint density at radius 1 is 1.30 bits per heavy atom. The van der Waals surface area contributed by atoms with Gasteiger partial charge in [0.05, 0.1) is 0 Å². The number of hydrogen-bond donors (Lipinski definition) is 1. The fraction of sp³-hybridized carbons (Fsp3) is 0.647. The van der Waals surface area contributed by atoms with E-state index in [2.05, 4.69) is 80.1 Å². The lowest BCUT2D eigenvalue weighted by atomic mass is 9.94. The van der Waals surface area contributed by atoms with Gasteiger partial charge in [0.1, 0.15) is 0 Å². The van der Waals surface area contributed by atoms with Crippen LogP contribution >= 0.6 is 11.8 Å². The quantitative estimate of drug-likeness (QED) is 0.895. The molecular weight excluding hydrogens is 264 g/mol. The van der Waals surface area contributed by atoms with E-state index < -0.39 is 0 Å². The van der Waals surface area contributed by atoms with E-state index in [1.54, 1.807) is 0 Å². The molecule has 2 unspecified atom stereocenters. The Hall–Kier alpha value is -0.510. The third-order valence-electron chi connectivity index (χ3n) is 4.09. The summed E-state index contributed by atoms with van der Waals surface area (Å²) in [6, 6.07) is 11.3. The number of hydrogen-bond acceptors (Lipinski definition) is 3. The maximum absolute atomic E-state index is 3.50. The van der Waals surface area contributed by atoms with E-state index >= 15 is 0 Å². The summed E-state index contributed by atoms with van der Waals surface area (Å²) in [6.45, 7) is 10.7. The second-order valence-corrected chi connectivity index (χ2v) is 8.30. The summed E-state index contributed by atoms with van der Waals surface area (Å²) in [4.78, 5) is 2.63. The maximum atomic E-state index is 3.50. The summed E-state index contributed by atoms with van der Waals surface area (Å²) in [7, 11) is 2.07. The van der Waals surface area contributed by atoms with Crippen LogP contribution in [0, 0.1) is 5.92 Å². The minimum absolute atomic E-state index is 0.403. The summed E-state index contributed by atoms with van der Waals surface area (Å²) in [6.07, 6.45) is 0. The molecule has 0 aliphatic carbocycles. The Labute approximate surface area is 128 Å². The van der Waals surface area contributed by atoms with E-state index in [1.165, 1.54) is 31.0 Å². The molecule has 112 valence electrons. The van der Waals surface area contributed by atoms with Crippen molar-refractivity contribution in [1.82, 2.24) is 10.2 Å². The van der Waals surface area contributed by atoms with Crippen LogP contribution in [0.15, 0.2) is 30.3 Å². The predicted molar refractivity (Wildman–Crippen MR) is 90.4 cm³/mol. The number of nitrogens with zero attached hydrogens (tertiary/aromatic N) is 1. The first-order chi connectivity index (χ1) is 9.52. The highest BCUT2D eigenvalue weighted by atomic mass is 32.2. The molecule has 20 heavy (non-hydrogen) atoms. The SMILES string of the molecule is CNC(c1ccccc1)C(C)CN1CCSC(C)(C)C1. The van der Waals surface area contributed by atoms with Gasteiger partial charge in [0.2, 0.25) is 0 Å². The molecule has 1 N–H and O–H groups in total. The van der Waals surface area contributed by atoms with Gasteiger partial charge in [0.25, 0.3) is 0 Å². The van der Waals surface area contributed by atoms with Crippen molar-refractivity contribution >= 4 is 11.8 Å². The molecular formula is C17H28N2S. The molecule has 0 saturated carbocycles. The average molecular weight is 292 g/mol. The van der Waals surface area contributed by atoms with Crippen molar-refractivity contribution in [2.24, 2.45) is 5.92 Å². The fourth-order valence-electron chi connectivity index (χ4n) is 3.22. The molecule has 1 aromatic rings. The van der Waals surface area contributed by atoms with Gasteiger partial charge >= 0.3 is 0 Å². The van der Waals surface area contributed by atoms with Crippen LogP contribution < -0.4 is 5.32 Å². The topological polar surface area (TPSA) is 15.3 Å². The maximum Gasteiger partial charge on any atom is 0.0355 e. The largest absolute Gasteiger partial charge is 0.313 e. The van der Waals surface area contributed by atoms with E-state index in [0.29, 0.717) is 16.7 Å². The summed E-state index contributed by atoms with van der Waals surface area (Å²) in [5.41, 5.74) is 1.40. The summed E-state index contributed by atoms with van der Waals surface area (Å²) in [5.74, 6) is 1.87. The average Bonchev–Trinajstić information content (AvgIpc) is 2.39. The van der Waals surface area contributed by atoms with Gasteiger partial charge < -0.3 is 10.2 Å². The molecule has 0 radical (unpaired) electrons. The minimum Gasteiger partial charge on any atom is -0.313 e. The van der Waals surface area contributed by atoms with E-state index in [9.17, 15) is 0 Å². The van der Waals surface area contributed by atoms with Gasteiger partial charge in [-0.25, -0.2) is 0 Å². The molecule has 0 bridgehead atoms. The molecule has 1 aliphatic rings. The van der Waals surface area contributed by atoms with Crippen LogP contribution in [-0.2, 0) is 0 Å². The zero-order valence-corrected chi connectivity index (χ0v) is 14.0. The van der Waals surface area contributed by atoms with Crippen LogP contribution in [0.1, 0.15) is 32.4 Å². The Morgan fingerprint density at radius 3 is 2.60 bits per heavy atom. The van der Waals surface area contributed by atoms with Crippen molar-refractivity contribution in [3.63, 3.8) is 0 Å². The summed E-state index contributed by atoms with van der Waals surface area (Å²) in [5, 5.41) is 3.50. The first kappa shape index (κ1) is 15.9. The van der Waals surface area contributed by atoms with Gasteiger partial charge in [0.15, 0.2) is 0 Å². The van der Waals surface area contributed by atoms with Gasteiger partial charge in [0, 0.05) is 36.2 Å². The molecule has 0 aromatic heterocycles. The van der Waals surface area contributed by atoms with Crippen molar-refractivity contribution in [2.75, 3.05) is 32.4 Å². The van der Waals surface area contributed by atoms with Crippen LogP contribution in [0.2, 0.25) is 0 Å². The summed E-state index contributed by atoms with van der Waals surface area (Å²) < 4.78 is 0.403. The third kappa shape index (κ3) is 4.24. The van der Waals surface area contributed by atoms with Gasteiger partial charge in [-0.2, -0.15) is 11.8 Å². The Kier molecular flexibility index (Phi) is 5.53. The number of benzene rings is 1. The molecule has 2 rings (SSSR count). The minimum atomic E-state index is 0.403. The van der Waals surface area contributed by atoms with E-state index in [4.69, 9.17) is 0 Å². The van der Waals surface area contributed by atoms with Crippen LogP contribution in [0.5, 0.6) is 0 Å². The van der Waals surface area contributed by atoms with Crippen molar-refractivity contribution in [1.29, 1.82) is 0 Å². The molecule has 2 nitrogen and oxygen atoms in total. The zero-order valence-electron chi connectivity index (χ0n) is 13.2. The van der Waals surface area contributed by atoms with Crippen molar-refractivity contribution < 1.29 is 0 Å². The first-order valence-electron chi connectivity index (χ1n) is 7.60. The van der Waals surface area contributed by atoms with E-state index in [-0.39, 0.29) is 0 Å². The second-order valence-electron chi connectivity index (χ2n) is 6.50. The lowest BCUT2D eigenvalue weighted by molar-refractivity contribution is 0.205. The smallest absolute Gasteiger partial charge is 0.0355 e. The molecule has 1 saturated heterocycles. The van der Waals surface area contributed by atoms with Crippen molar-refractivity contribution in [2.45, 2.75) is 31.6 Å². The lowest BCUT2D eigenvalue weighted by Crippen LogP contribution is -2.46. The zero-order chi connectivity index (χ0) is 14.6. The number of nitrogens with one attached hydrogen (secondary N) is 1. The third-order valence-corrected chi connectivity index (χ3v) is 5.39. The van der Waals surface area contributed by atoms with Crippen LogP contribution in [0.3, 0.4) is 0 Å². The first-order valence-corrected chi connectivity index (χ1v) is 8.59. The molecule has 1 heterocycles. The molecule has 2 atom stereocenters. The van der Waals surface area contributed by atoms with Gasteiger partial charge in [-0.1, -0.05) is 37.3 Å². The van der Waals surface area contributed by atoms with E-state index in [0.717, 1.165) is 0 Å². The standard InChI is InChI=1S/C17H28N2S/c1-14(12-19-10-11-20-17(2,3)13-19)16(18-4)15-8-6-5-7-9-15/h5-9,14,16,18H,10-13H2,1-4H3. The molecule has 1 aromatic carbocycles. The Bertz CT molecular complexity index is 405. The fourth-order valence-corrected chi connectivity index (χ4v) is 4.40. The van der Waals surface area contributed by atoms with E-state index in [1.807, 2.05) is 0 Å². The monoisotopic (exact) mass is 292 g/mol. The molecule has 0 spiro atoms. The number of thioether (sulfide) groups is 1. The van der Waals surface area contributed by atoms with Gasteiger partial charge in [-0.05, 0) is 32.4 Å². The van der Waals surface area contributed by atoms with Crippen molar-refractivity contribution in [3.8, 4) is 0 Å². The molecule has 3 heteroatoms. The lowest BCUT2D eigenvalue weighted by Gasteiger charge is -2.39. The van der Waals surface area contributed by atoms with Crippen molar-refractivity contribution in [3.05, 3.63) is 35.9 Å². The highest BCUT2D eigenvalue weighted by Gasteiger charge is 2.29. The summed E-state index contributed by atoms with van der Waals surface area (Å²) >= 11 is 2.10. The molecule has 1 fully saturated rings. The second kappa shape index (κ2) is 6.97. The molecule has 0 amide bonds.